The third-order valence-corrected chi connectivity index (χ3v) is 16.4. The Hall–Kier alpha value is -6.65. The lowest BCUT2D eigenvalue weighted by atomic mass is 9.59. The van der Waals surface area contributed by atoms with Gasteiger partial charge >= 0.3 is 12.2 Å². The van der Waals surface area contributed by atoms with E-state index in [2.05, 4.69) is 31.0 Å². The number of pyridine rings is 1. The van der Waals surface area contributed by atoms with Gasteiger partial charge in [-0.15, -0.1) is 11.3 Å². The molecule has 18 nitrogen and oxygen atoms in total. The van der Waals surface area contributed by atoms with Crippen LogP contribution < -0.4 is 20.7 Å². The summed E-state index contributed by atoms with van der Waals surface area (Å²) in [4.78, 5) is 84.2. The van der Waals surface area contributed by atoms with Crippen molar-refractivity contribution in [3.8, 4) is 16.2 Å². The molecule has 1 spiro atoms. The number of ether oxygens (including phenoxy) is 1. The molecule has 75 heavy (non-hydrogen) atoms. The molecule has 2 aromatic carbocycles. The Morgan fingerprint density at radius 1 is 0.973 bits per heavy atom. The second-order valence-corrected chi connectivity index (χ2v) is 22.2. The standard InChI is InChI=1S/C53H64F3N11O7S/c1-31(33-10-12-34(13-11-33)45-32(2)57-30-75-45)58-48(71)40-25-36(68)28-67(40)49(72)46(51(3,4)5)61-42-14-15-52(42)16-18-63(19-17-52)44(69)29-65-21-20-64(50(65)73)22-23-66-27-35-24-39(41(74-6)26-38(35)62-66)60-47(70)37-8-7-9-43(59-37)53(54,55)56/h7-13,24,26-27,30-31,36,40,42,46,61,68H,14-23,25,28-29H2,1-6H3,(H,58,71)(H,60,70)/t31-,36+,40-,42+,46+/m0/s1. The number of β-amino-alcohol motifs (C(OH)–C–C–N with tert-alkyl or cyclic N) is 1. The Balaban J connectivity index is 0.752. The summed E-state index contributed by atoms with van der Waals surface area (Å²) in [5, 5.41) is 25.5. The smallest absolute Gasteiger partial charge is 0.433 e. The third-order valence-electron chi connectivity index (χ3n) is 15.4. The number of nitrogens with zero attached hydrogens (tertiary/aromatic N) is 8. The van der Waals surface area contributed by atoms with Crippen LogP contribution in [0.4, 0.5) is 23.7 Å². The number of carbonyl (C=O) groups excluding carboxylic acids is 5. The van der Waals surface area contributed by atoms with Gasteiger partial charge in [-0.3, -0.25) is 23.9 Å². The van der Waals surface area contributed by atoms with E-state index >= 15 is 0 Å². The average molecular weight is 1060 g/mol. The molecule has 4 N–H and O–H groups in total. The Bertz CT molecular complexity index is 2950. The fourth-order valence-electron chi connectivity index (χ4n) is 10.9. The highest BCUT2D eigenvalue weighted by atomic mass is 32.1. The average Bonchev–Trinajstić information content (AvgIpc) is 4.18. The Labute approximate surface area is 437 Å². The molecule has 3 aliphatic heterocycles. The maximum absolute atomic E-state index is 14.6. The number of benzene rings is 2. The van der Waals surface area contributed by atoms with Crippen LogP contribution in [0.5, 0.6) is 5.75 Å². The lowest BCUT2D eigenvalue weighted by Gasteiger charge is -2.56. The van der Waals surface area contributed by atoms with E-state index in [9.17, 15) is 42.3 Å². The minimum atomic E-state index is -4.71. The summed E-state index contributed by atoms with van der Waals surface area (Å²) in [6, 6.07) is 12.3. The van der Waals surface area contributed by atoms with Crippen molar-refractivity contribution in [1.82, 2.24) is 50.0 Å². The molecule has 0 bridgehead atoms. The molecular weight excluding hydrogens is 992 g/mol. The molecule has 400 valence electrons. The molecule has 22 heteroatoms. The van der Waals surface area contributed by atoms with Crippen LogP contribution >= 0.6 is 11.3 Å². The minimum absolute atomic E-state index is 0.0149. The van der Waals surface area contributed by atoms with Gasteiger partial charge in [0.05, 0.1) is 59.1 Å². The molecule has 0 radical (unpaired) electrons. The molecule has 9 rings (SSSR count). The number of thiazole rings is 1. The van der Waals surface area contributed by atoms with Crippen molar-refractivity contribution in [3.63, 3.8) is 0 Å². The highest BCUT2D eigenvalue weighted by molar-refractivity contribution is 7.13. The number of piperidine rings is 1. The number of alkyl halides is 3. The van der Waals surface area contributed by atoms with E-state index in [-0.39, 0.29) is 72.2 Å². The van der Waals surface area contributed by atoms with Gasteiger partial charge in [-0.25, -0.2) is 14.8 Å². The molecule has 1 saturated carbocycles. The van der Waals surface area contributed by atoms with Crippen molar-refractivity contribution < 1.29 is 47.0 Å². The molecule has 6 amide bonds. The van der Waals surface area contributed by atoms with Crippen LogP contribution in [0.2, 0.25) is 0 Å². The van der Waals surface area contributed by atoms with Crippen molar-refractivity contribution in [2.24, 2.45) is 10.8 Å². The van der Waals surface area contributed by atoms with E-state index in [1.807, 2.05) is 69.3 Å². The number of aromatic nitrogens is 4. The molecule has 4 aliphatic rings. The van der Waals surface area contributed by atoms with E-state index < -0.39 is 47.1 Å². The molecule has 5 aromatic rings. The van der Waals surface area contributed by atoms with E-state index in [4.69, 9.17) is 4.74 Å². The number of hydrogen-bond donors (Lipinski definition) is 4. The zero-order valence-corrected chi connectivity index (χ0v) is 43.8. The zero-order chi connectivity index (χ0) is 53.6. The first-order valence-electron chi connectivity index (χ1n) is 25.4. The van der Waals surface area contributed by atoms with Crippen LogP contribution in [0.1, 0.15) is 93.3 Å². The van der Waals surface area contributed by atoms with Gasteiger partial charge in [-0.2, -0.15) is 18.3 Å². The van der Waals surface area contributed by atoms with Crippen LogP contribution in [0, 0.1) is 17.8 Å². The first kappa shape index (κ1) is 53.2. The number of aliphatic hydroxyl groups excluding tert-OH is 1. The SMILES string of the molecule is COc1cc2nn(CCN3CCN(CC(=O)N4CCC5(CC[C@H]5N[C@H](C(=O)N5C[C@H](O)C[C@H]5C(=O)N[C@@H](C)c5ccc(-c6scnc6C)cc5)C(C)(C)C)CC4)C3=O)cc2cc1NC(=O)c1cccc(C(F)(F)F)n1. The summed E-state index contributed by atoms with van der Waals surface area (Å²) < 4.78 is 46.8. The highest BCUT2D eigenvalue weighted by Gasteiger charge is 2.52. The maximum Gasteiger partial charge on any atom is 0.433 e. The summed E-state index contributed by atoms with van der Waals surface area (Å²) >= 11 is 1.58. The number of aliphatic hydroxyl groups is 1. The quantitative estimate of drug-likeness (QED) is 0.0891. The number of carbonyl (C=O) groups is 5. The number of anilines is 1. The van der Waals surface area contributed by atoms with Crippen LogP contribution in [-0.2, 0) is 27.1 Å². The summed E-state index contributed by atoms with van der Waals surface area (Å²) in [6.45, 7) is 12.4. The summed E-state index contributed by atoms with van der Waals surface area (Å²) in [5.41, 5.74) is 3.26. The molecule has 1 aliphatic carbocycles. The maximum atomic E-state index is 14.6. The second kappa shape index (κ2) is 21.2. The van der Waals surface area contributed by atoms with Crippen molar-refractivity contribution in [3.05, 3.63) is 88.9 Å². The lowest BCUT2D eigenvalue weighted by molar-refractivity contribution is -0.144. The molecular formula is C53H64F3N11O7S. The topological polar surface area (TPSA) is 207 Å². The number of likely N-dealkylation sites (tertiary alicyclic amines) is 2. The third kappa shape index (κ3) is 11.3. The monoisotopic (exact) mass is 1060 g/mol. The number of hydrogen-bond acceptors (Lipinski definition) is 12. The van der Waals surface area contributed by atoms with E-state index in [0.29, 0.717) is 50.2 Å². The predicted molar refractivity (Wildman–Crippen MR) is 275 cm³/mol. The Kier molecular flexibility index (Phi) is 15.0. The van der Waals surface area contributed by atoms with Crippen molar-refractivity contribution in [1.29, 1.82) is 0 Å². The number of halogens is 3. The van der Waals surface area contributed by atoms with Crippen LogP contribution in [0.25, 0.3) is 21.3 Å². The lowest BCUT2D eigenvalue weighted by Crippen LogP contribution is -2.65. The number of urea groups is 1. The normalized spacial score (nSPS) is 20.6. The van der Waals surface area contributed by atoms with Gasteiger partial charge in [0.25, 0.3) is 5.91 Å². The van der Waals surface area contributed by atoms with Gasteiger partial charge in [-0.05, 0) is 79.7 Å². The van der Waals surface area contributed by atoms with E-state index in [1.165, 1.54) is 13.2 Å². The number of rotatable bonds is 15. The molecule has 0 unspecified atom stereocenters. The van der Waals surface area contributed by atoms with Crippen LogP contribution in [0.3, 0.4) is 0 Å². The minimum Gasteiger partial charge on any atom is -0.494 e. The molecule has 3 aromatic heterocycles. The van der Waals surface area contributed by atoms with Gasteiger partial charge in [0.15, 0.2) is 0 Å². The molecule has 4 fully saturated rings. The number of fused-ring (bicyclic) bond motifs is 1. The fraction of sp³-hybridized carbons (Fsp3) is 0.509. The Morgan fingerprint density at radius 2 is 1.71 bits per heavy atom. The van der Waals surface area contributed by atoms with Gasteiger partial charge in [0, 0.05) is 69.4 Å². The molecule has 5 atom stereocenters. The number of nitrogens with one attached hydrogen (secondary N) is 3. The number of methoxy groups -OCH3 is 1. The van der Waals surface area contributed by atoms with E-state index in [0.717, 1.165) is 59.5 Å². The van der Waals surface area contributed by atoms with Gasteiger partial charge in [0.1, 0.15) is 29.7 Å². The van der Waals surface area contributed by atoms with Crippen molar-refractivity contribution in [2.45, 2.75) is 110 Å². The van der Waals surface area contributed by atoms with Gasteiger partial charge in [0.2, 0.25) is 17.7 Å². The zero-order valence-electron chi connectivity index (χ0n) is 42.9. The summed E-state index contributed by atoms with van der Waals surface area (Å²) in [5.74, 6) is -1.26. The molecule has 3 saturated heterocycles. The van der Waals surface area contributed by atoms with Crippen LogP contribution in [-0.4, -0.2) is 151 Å². The van der Waals surface area contributed by atoms with Crippen molar-refractivity contribution >= 4 is 57.6 Å². The van der Waals surface area contributed by atoms with E-state index in [1.54, 1.807) is 49.0 Å². The first-order chi connectivity index (χ1) is 35.6. The molecule has 6 heterocycles. The first-order valence-corrected chi connectivity index (χ1v) is 26.3. The van der Waals surface area contributed by atoms with Crippen molar-refractivity contribution in [2.75, 3.05) is 58.2 Å². The van der Waals surface area contributed by atoms with Gasteiger partial charge in [-0.1, -0.05) is 51.1 Å². The highest BCUT2D eigenvalue weighted by Crippen LogP contribution is 2.50. The fourth-order valence-corrected chi connectivity index (χ4v) is 11.7. The predicted octanol–water partition coefficient (Wildman–Crippen LogP) is 6.50. The Morgan fingerprint density at radius 3 is 2.36 bits per heavy atom. The second-order valence-electron chi connectivity index (χ2n) is 21.4. The summed E-state index contributed by atoms with van der Waals surface area (Å²) in [7, 11) is 1.39. The largest absolute Gasteiger partial charge is 0.494 e. The summed E-state index contributed by atoms with van der Waals surface area (Å²) in [6.07, 6.45) is -0.380. The number of aryl methyl sites for hydroxylation is 1. The van der Waals surface area contributed by atoms with Gasteiger partial charge < -0.3 is 45.4 Å². The number of amides is 6. The van der Waals surface area contributed by atoms with Crippen LogP contribution in [0.15, 0.2) is 66.3 Å².